The Morgan fingerprint density at radius 3 is 1.56 bits per heavy atom. The second-order valence-electron chi connectivity index (χ2n) is 12.7. The molecule has 0 spiro atoms. The summed E-state index contributed by atoms with van der Waals surface area (Å²) >= 11 is -0.955. The van der Waals surface area contributed by atoms with Crippen LogP contribution in [0, 0.1) is 6.57 Å². The van der Waals surface area contributed by atoms with E-state index in [4.69, 9.17) is 11.6 Å². The minimum atomic E-state index is -1.82. The Hall–Kier alpha value is -2.30. The number of anilines is 1. The summed E-state index contributed by atoms with van der Waals surface area (Å²) in [6.07, 6.45) is 2.23. The summed E-state index contributed by atoms with van der Waals surface area (Å²) in [7, 11) is -1.82. The molecule has 4 nitrogen and oxygen atoms in total. The molecule has 39 heavy (non-hydrogen) atoms. The molecule has 0 unspecified atom stereocenters. The number of allylic oxidation sites excluding steroid dienone is 2. The van der Waals surface area contributed by atoms with Crippen molar-refractivity contribution in [3.8, 4) is 0 Å². The molecular weight excluding hydrogens is 553 g/mol. The molecule has 0 saturated heterocycles. The van der Waals surface area contributed by atoms with Crippen molar-refractivity contribution in [3.63, 3.8) is 0 Å². The minimum absolute atomic E-state index is 0.384. The number of hydrogen-bond donors (Lipinski definition) is 0. The van der Waals surface area contributed by atoms with Crippen LogP contribution in [0.3, 0.4) is 0 Å². The molecule has 0 bridgehead atoms. The maximum absolute atomic E-state index is 8.05. The topological polar surface area (TPSA) is 23.2 Å². The average Bonchev–Trinajstić information content (AvgIpc) is 2.82. The zero-order chi connectivity index (χ0) is 29.7. The summed E-state index contributed by atoms with van der Waals surface area (Å²) in [6.45, 7) is 37.2. The Kier molecular flexibility index (Phi) is 11.7. The van der Waals surface area contributed by atoms with Crippen molar-refractivity contribution < 1.29 is 0 Å². The standard InChI is InChI=1S/C33H50GeN4Si/c1-22(2)28-17-15-18-29(23(3)4)32(28)36-26(9)21-27(10)37(34-38(35-11)39(12,13)14)33-30(24(5)6)19-16-20-31(33)25(7)8/h15-25H,1-10,12-14H3/b27-21-,36-26?. The Morgan fingerprint density at radius 1 is 0.795 bits per heavy atom. The second-order valence-corrected chi connectivity index (χ2v) is 20.7. The normalized spacial score (nSPS) is 13.0. The summed E-state index contributed by atoms with van der Waals surface area (Å²) in [5.74, 6) is 1.57. The first-order chi connectivity index (χ1) is 18.1. The predicted molar refractivity (Wildman–Crippen MR) is 176 cm³/mol. The van der Waals surface area contributed by atoms with Gasteiger partial charge in [-0.3, -0.25) is 0 Å². The fraction of sp³-hybridized carbons (Fsp3) is 0.515. The molecule has 0 saturated carbocycles. The van der Waals surface area contributed by atoms with Gasteiger partial charge in [0.15, 0.2) is 0 Å². The van der Waals surface area contributed by atoms with Gasteiger partial charge in [-0.15, -0.1) is 0 Å². The number of benzene rings is 2. The van der Waals surface area contributed by atoms with Crippen molar-refractivity contribution in [2.45, 2.75) is 113 Å². The van der Waals surface area contributed by atoms with E-state index in [1.54, 1.807) is 0 Å². The van der Waals surface area contributed by atoms with Crippen LogP contribution in [0.25, 0.3) is 4.95 Å². The third-order valence-electron chi connectivity index (χ3n) is 6.90. The van der Waals surface area contributed by atoms with Gasteiger partial charge in [0.05, 0.1) is 0 Å². The van der Waals surface area contributed by atoms with Gasteiger partial charge in [0.25, 0.3) is 0 Å². The van der Waals surface area contributed by atoms with Crippen molar-refractivity contribution in [2.24, 2.45) is 4.99 Å². The number of nitrogens with zero attached hydrogens (tertiary/aromatic N) is 4. The maximum atomic E-state index is 8.05. The molecule has 6 heteroatoms. The number of rotatable bonds is 11. The third-order valence-corrected chi connectivity index (χ3v) is 15.2. The quantitative estimate of drug-likeness (QED) is 0.110. The molecule has 2 radical (unpaired) electrons. The fourth-order valence-corrected chi connectivity index (χ4v) is 9.43. The van der Waals surface area contributed by atoms with Gasteiger partial charge < -0.3 is 0 Å². The van der Waals surface area contributed by atoms with E-state index in [1.807, 2.05) is 0 Å². The van der Waals surface area contributed by atoms with Crippen molar-refractivity contribution >= 4 is 41.2 Å². The van der Waals surface area contributed by atoms with E-state index in [1.165, 1.54) is 27.9 Å². The van der Waals surface area contributed by atoms with Gasteiger partial charge in [-0.1, -0.05) is 0 Å². The second kappa shape index (κ2) is 13.9. The van der Waals surface area contributed by atoms with Crippen LogP contribution in [0.2, 0.25) is 19.6 Å². The van der Waals surface area contributed by atoms with E-state index in [9.17, 15) is 0 Å². The Balaban J connectivity index is 2.80. The SMILES string of the molecule is [C-]#[N+][N]([Ge][N](/C(C)=C\C(C)=Nc1c(C(C)C)cccc1C(C)C)c1c(C(C)C)cccc1C(C)C)[Si](C)(C)C. The van der Waals surface area contributed by atoms with Crippen molar-refractivity contribution in [1.29, 1.82) is 0 Å². The molecule has 0 aromatic heterocycles. The fourth-order valence-electron chi connectivity index (χ4n) is 4.71. The molecule has 0 aliphatic rings. The van der Waals surface area contributed by atoms with E-state index in [0.29, 0.717) is 23.7 Å². The molecule has 0 heterocycles. The van der Waals surface area contributed by atoms with Gasteiger partial charge in [0, 0.05) is 0 Å². The van der Waals surface area contributed by atoms with Crippen LogP contribution >= 0.6 is 0 Å². The van der Waals surface area contributed by atoms with Gasteiger partial charge in [-0.25, -0.2) is 0 Å². The third kappa shape index (κ3) is 8.35. The predicted octanol–water partition coefficient (Wildman–Crippen LogP) is 10.2. The van der Waals surface area contributed by atoms with E-state index < -0.39 is 24.1 Å². The Bertz CT molecular complexity index is 1180. The van der Waals surface area contributed by atoms with E-state index >= 15 is 0 Å². The summed E-state index contributed by atoms with van der Waals surface area (Å²) in [5.41, 5.74) is 9.84. The van der Waals surface area contributed by atoms with Crippen molar-refractivity contribution in [2.75, 3.05) is 3.86 Å². The molecule has 0 fully saturated rings. The van der Waals surface area contributed by atoms with E-state index in [-0.39, 0.29) is 0 Å². The summed E-state index contributed by atoms with van der Waals surface area (Å²) in [6, 6.07) is 13.3. The molecule has 2 aromatic rings. The molecular formula is C33H50GeN4Si. The summed E-state index contributed by atoms with van der Waals surface area (Å²) in [4.78, 5) is 9.31. The number of aliphatic imine (C=N–C) groups is 1. The molecule has 0 amide bonds. The average molecular weight is 603 g/mol. The van der Waals surface area contributed by atoms with Crippen molar-refractivity contribution in [1.82, 2.24) is 3.63 Å². The monoisotopic (exact) mass is 604 g/mol. The molecule has 2 aromatic carbocycles. The molecule has 0 atom stereocenters. The molecule has 0 aliphatic carbocycles. The van der Waals surface area contributed by atoms with Crippen LogP contribution in [0.1, 0.15) is 115 Å². The van der Waals surface area contributed by atoms with Gasteiger partial charge in [-0.2, -0.15) is 0 Å². The molecule has 0 aliphatic heterocycles. The summed E-state index contributed by atoms with van der Waals surface area (Å²) < 4.78 is 4.61. The molecule has 0 N–H and O–H groups in total. The van der Waals surface area contributed by atoms with E-state index in [2.05, 4.69) is 144 Å². The first kappa shape index (κ1) is 32.9. The van der Waals surface area contributed by atoms with Crippen LogP contribution in [0.15, 0.2) is 53.2 Å². The summed E-state index contributed by atoms with van der Waals surface area (Å²) in [5, 5.41) is 0. The Morgan fingerprint density at radius 2 is 1.21 bits per heavy atom. The van der Waals surface area contributed by atoms with Gasteiger partial charge in [0.2, 0.25) is 0 Å². The first-order valence-electron chi connectivity index (χ1n) is 14.3. The van der Waals surface area contributed by atoms with Gasteiger partial charge in [0.1, 0.15) is 0 Å². The van der Waals surface area contributed by atoms with Crippen LogP contribution in [0.5, 0.6) is 0 Å². The zero-order valence-electron chi connectivity index (χ0n) is 26.6. The van der Waals surface area contributed by atoms with E-state index in [0.717, 1.165) is 17.1 Å². The Labute approximate surface area is 247 Å². The number of hydrogen-bond acceptors (Lipinski definition) is 3. The zero-order valence-corrected chi connectivity index (χ0v) is 29.7. The number of para-hydroxylation sites is 2. The molecule has 2 rings (SSSR count). The van der Waals surface area contributed by atoms with Crippen LogP contribution in [-0.2, 0) is 0 Å². The van der Waals surface area contributed by atoms with Crippen LogP contribution < -0.4 is 3.86 Å². The van der Waals surface area contributed by atoms with Gasteiger partial charge >= 0.3 is 248 Å². The first-order valence-corrected chi connectivity index (χ1v) is 19.7. The molecule has 210 valence electrons. The van der Waals surface area contributed by atoms with Crippen molar-refractivity contribution in [3.05, 3.63) is 82.0 Å². The van der Waals surface area contributed by atoms with Crippen LogP contribution in [-0.4, -0.2) is 33.5 Å². The van der Waals surface area contributed by atoms with Gasteiger partial charge in [-0.05, 0) is 0 Å². The van der Waals surface area contributed by atoms with Crippen LogP contribution in [0.4, 0.5) is 11.4 Å².